The lowest BCUT2D eigenvalue weighted by Crippen LogP contribution is -2.11. The van der Waals surface area contributed by atoms with E-state index in [4.69, 9.17) is 4.55 Å². The van der Waals surface area contributed by atoms with Crippen LogP contribution < -0.4 is 5.32 Å². The van der Waals surface area contributed by atoms with Gasteiger partial charge in [0, 0.05) is 16.6 Å². The Morgan fingerprint density at radius 1 is 0.538 bits per heavy atom. The minimum absolute atomic E-state index is 0.207. The van der Waals surface area contributed by atoms with E-state index in [0.717, 1.165) is 6.07 Å². The van der Waals surface area contributed by atoms with Crippen LogP contribution in [-0.2, 0) is 20.2 Å². The summed E-state index contributed by atoms with van der Waals surface area (Å²) in [6.45, 7) is 0. The Kier molecular flexibility index (Phi) is 10.0. The van der Waals surface area contributed by atoms with Gasteiger partial charge in [0.2, 0.25) is 0 Å². The molecule has 0 heterocycles. The molecule has 0 saturated carbocycles. The monoisotopic (exact) mass is 735 g/mol. The van der Waals surface area contributed by atoms with Gasteiger partial charge in [-0.25, -0.2) is 0 Å². The van der Waals surface area contributed by atoms with E-state index in [1.807, 2.05) is 0 Å². The molecule has 4 N–H and O–H groups in total. The van der Waals surface area contributed by atoms with Gasteiger partial charge in [-0.1, -0.05) is 18.2 Å². The van der Waals surface area contributed by atoms with E-state index in [-0.39, 0.29) is 27.3 Å². The predicted molar refractivity (Wildman–Crippen MR) is 191 cm³/mol. The number of benzene rings is 6. The number of carbonyl (C=O) groups excluding carboxylic acids is 1. The summed E-state index contributed by atoms with van der Waals surface area (Å²) in [6, 6.07) is 32.2. The molecule has 0 atom stereocenters. The number of phenolic OH excluding ortho intramolecular Hbond substituents is 1. The Morgan fingerprint density at radius 2 is 1.00 bits per heavy atom. The second-order valence-electron chi connectivity index (χ2n) is 10.9. The van der Waals surface area contributed by atoms with Crippen LogP contribution in [0.2, 0.25) is 0 Å². The van der Waals surface area contributed by atoms with Crippen molar-refractivity contribution >= 4 is 76.7 Å². The fraction of sp³-hybridized carbons (Fsp3) is 0. The molecule has 260 valence electrons. The van der Waals surface area contributed by atoms with Crippen molar-refractivity contribution in [3.63, 3.8) is 0 Å². The molecule has 0 bridgehead atoms. The minimum Gasteiger partial charge on any atom is -0.505 e. The van der Waals surface area contributed by atoms with Gasteiger partial charge in [-0.15, -0.1) is 5.11 Å². The molecule has 0 aliphatic rings. The molecule has 0 fully saturated rings. The predicted octanol–water partition coefficient (Wildman–Crippen LogP) is 9.54. The van der Waals surface area contributed by atoms with E-state index < -0.39 is 36.6 Å². The van der Waals surface area contributed by atoms with Crippen LogP contribution in [0.1, 0.15) is 10.4 Å². The average molecular weight is 736 g/mol. The van der Waals surface area contributed by atoms with E-state index in [9.17, 15) is 31.3 Å². The third-order valence-corrected chi connectivity index (χ3v) is 9.02. The Morgan fingerprint density at radius 3 is 1.46 bits per heavy atom. The summed E-state index contributed by atoms with van der Waals surface area (Å²) in [6.07, 6.45) is 0. The Bertz CT molecular complexity index is 2600. The van der Waals surface area contributed by atoms with Gasteiger partial charge in [-0.2, -0.15) is 42.4 Å². The van der Waals surface area contributed by atoms with Gasteiger partial charge in [0.05, 0.1) is 33.3 Å². The van der Waals surface area contributed by atoms with Crippen LogP contribution in [0.15, 0.2) is 168 Å². The number of fused-ring (bicyclic) bond motifs is 1. The molecule has 0 unspecified atom stereocenters. The molecule has 1 amide bonds. The van der Waals surface area contributed by atoms with Crippen molar-refractivity contribution < 1.29 is 35.8 Å². The summed E-state index contributed by atoms with van der Waals surface area (Å²) in [5.41, 5.74) is 2.40. The fourth-order valence-electron chi connectivity index (χ4n) is 4.71. The second-order valence-corrected chi connectivity index (χ2v) is 13.7. The van der Waals surface area contributed by atoms with E-state index >= 15 is 0 Å². The molecule has 0 aromatic heterocycles. The smallest absolute Gasteiger partial charge is 0.296 e. The van der Waals surface area contributed by atoms with Gasteiger partial charge < -0.3 is 10.4 Å². The first-order valence-electron chi connectivity index (χ1n) is 15.0. The third-order valence-electron chi connectivity index (χ3n) is 7.28. The number of anilines is 1. The summed E-state index contributed by atoms with van der Waals surface area (Å²) < 4.78 is 66.0. The lowest BCUT2D eigenvalue weighted by atomic mass is 10.1. The highest BCUT2D eigenvalue weighted by molar-refractivity contribution is 7.86. The van der Waals surface area contributed by atoms with Gasteiger partial charge in [0.15, 0.2) is 5.75 Å². The zero-order valence-corrected chi connectivity index (χ0v) is 28.1. The lowest BCUT2D eigenvalue weighted by Gasteiger charge is -2.11. The normalized spacial score (nSPS) is 12.3. The van der Waals surface area contributed by atoms with Crippen LogP contribution in [-0.4, -0.2) is 37.0 Å². The fourth-order valence-corrected chi connectivity index (χ4v) is 5.85. The second kappa shape index (κ2) is 14.8. The van der Waals surface area contributed by atoms with Crippen molar-refractivity contribution in [2.45, 2.75) is 9.79 Å². The number of nitrogens with zero attached hydrogens (tertiary/aromatic N) is 6. The minimum atomic E-state index is -4.86. The van der Waals surface area contributed by atoms with Crippen LogP contribution >= 0.6 is 0 Å². The van der Waals surface area contributed by atoms with Crippen molar-refractivity contribution in [1.29, 1.82) is 0 Å². The molecule has 17 heteroatoms. The molecule has 15 nitrogen and oxygen atoms in total. The summed E-state index contributed by atoms with van der Waals surface area (Å²) >= 11 is 0. The number of hydrogen-bond acceptors (Lipinski definition) is 12. The van der Waals surface area contributed by atoms with Gasteiger partial charge in [0.25, 0.3) is 26.1 Å². The standard InChI is InChI=1S/C35H25N7O8S2/c43-34-31-19-16-29(36-35(44)22-4-2-1-3-5-22)20-23(31)21-32(52(48,49)50)33(34)42-41-27-12-10-26(11-13-27)38-37-24-6-8-25(9-7-24)39-40-28-14-17-30(18-15-28)51(45,46)47/h1-21,43H,(H,36,44)(H,45,46,47)(H,48,49,50). The van der Waals surface area contributed by atoms with Crippen molar-refractivity contribution in [2.24, 2.45) is 30.7 Å². The lowest BCUT2D eigenvalue weighted by molar-refractivity contribution is 0.102. The van der Waals surface area contributed by atoms with Crippen molar-refractivity contribution in [2.75, 3.05) is 5.32 Å². The first-order valence-corrected chi connectivity index (χ1v) is 17.9. The van der Waals surface area contributed by atoms with Crippen LogP contribution in [0.3, 0.4) is 0 Å². The average Bonchev–Trinajstić information content (AvgIpc) is 3.13. The number of azo groups is 3. The van der Waals surface area contributed by atoms with E-state index in [0.29, 0.717) is 34.0 Å². The molecule has 52 heavy (non-hydrogen) atoms. The van der Waals surface area contributed by atoms with Crippen LogP contribution in [0.5, 0.6) is 5.75 Å². The van der Waals surface area contributed by atoms with Crippen LogP contribution in [0, 0.1) is 0 Å². The largest absolute Gasteiger partial charge is 0.505 e. The Hall–Kier alpha value is -6.53. The summed E-state index contributed by atoms with van der Waals surface area (Å²) in [5.74, 6) is -0.929. The van der Waals surface area contributed by atoms with Crippen molar-refractivity contribution in [3.8, 4) is 5.75 Å². The highest BCUT2D eigenvalue weighted by Crippen LogP contribution is 2.42. The van der Waals surface area contributed by atoms with Gasteiger partial charge in [-0.3, -0.25) is 13.9 Å². The number of hydrogen-bond donors (Lipinski definition) is 4. The topological polar surface area (TPSA) is 232 Å². The number of phenols is 1. The van der Waals surface area contributed by atoms with E-state index in [1.54, 1.807) is 66.7 Å². The molecular formula is C35H25N7O8S2. The number of aromatic hydroxyl groups is 1. The van der Waals surface area contributed by atoms with Crippen molar-refractivity contribution in [1.82, 2.24) is 0 Å². The summed E-state index contributed by atoms with van der Waals surface area (Å²) in [7, 11) is -9.16. The Labute approximate surface area is 296 Å². The van der Waals surface area contributed by atoms with Crippen LogP contribution in [0.25, 0.3) is 10.8 Å². The molecule has 0 saturated heterocycles. The quantitative estimate of drug-likeness (QED) is 0.0779. The summed E-state index contributed by atoms with van der Waals surface area (Å²) in [4.78, 5) is 11.6. The van der Waals surface area contributed by atoms with Gasteiger partial charge in [-0.05, 0) is 115 Å². The molecule has 0 radical (unpaired) electrons. The molecule has 0 spiro atoms. The third kappa shape index (κ3) is 8.60. The highest BCUT2D eigenvalue weighted by atomic mass is 32.2. The maximum Gasteiger partial charge on any atom is 0.296 e. The van der Waals surface area contributed by atoms with Crippen LogP contribution in [0.4, 0.5) is 39.8 Å². The zero-order valence-electron chi connectivity index (χ0n) is 26.5. The van der Waals surface area contributed by atoms with Gasteiger partial charge >= 0.3 is 0 Å². The van der Waals surface area contributed by atoms with Crippen molar-refractivity contribution in [3.05, 3.63) is 133 Å². The van der Waals surface area contributed by atoms with Gasteiger partial charge in [0.1, 0.15) is 10.6 Å². The molecule has 0 aliphatic carbocycles. The zero-order chi connectivity index (χ0) is 36.9. The number of carbonyl (C=O) groups is 1. The Balaban J connectivity index is 1.14. The molecule has 6 aromatic rings. The maximum absolute atomic E-state index is 12.6. The summed E-state index contributed by atoms with van der Waals surface area (Å²) in [5, 5.41) is 38.6. The number of amides is 1. The molecule has 6 aromatic carbocycles. The first-order chi connectivity index (χ1) is 24.8. The number of rotatable bonds is 10. The maximum atomic E-state index is 12.6. The molecule has 0 aliphatic heterocycles. The molecular weight excluding hydrogens is 711 g/mol. The SMILES string of the molecule is O=C(Nc1ccc2c(O)c(N=Nc3ccc(N=Nc4ccc(N=Nc5ccc(S(=O)(=O)O)cc5)cc4)cc3)c(S(=O)(=O)O)cc2c1)c1ccccc1. The first kappa shape index (κ1) is 35.3. The number of nitrogens with one attached hydrogen (secondary N) is 1. The molecule has 6 rings (SSSR count). The van der Waals surface area contributed by atoms with E-state index in [2.05, 4.69) is 36.0 Å². The van der Waals surface area contributed by atoms with E-state index in [1.165, 1.54) is 54.6 Å². The highest BCUT2D eigenvalue weighted by Gasteiger charge is 2.22.